The SMILES string of the molecule is CCNc1cc(-c2cnn3c2C(=O)N(c2ccc(C(F)(F)F)c(Cl)c2)C[C@@H]3C)ccn1. The monoisotopic (exact) mass is 449 g/mol. The molecule has 3 aromatic rings. The van der Waals surface area contributed by atoms with Gasteiger partial charge in [0.25, 0.3) is 5.91 Å². The molecule has 0 saturated carbocycles. The number of anilines is 2. The first-order valence-corrected chi connectivity index (χ1v) is 10.0. The fraction of sp³-hybridized carbons (Fsp3) is 0.286. The average Bonchev–Trinajstić information content (AvgIpc) is 3.16. The molecule has 0 saturated heterocycles. The summed E-state index contributed by atoms with van der Waals surface area (Å²) in [6, 6.07) is 6.76. The number of hydrogen-bond donors (Lipinski definition) is 1. The van der Waals surface area contributed by atoms with E-state index in [0.29, 0.717) is 29.3 Å². The molecule has 3 heterocycles. The number of carbonyl (C=O) groups excluding carboxylic acids is 1. The first-order chi connectivity index (χ1) is 14.7. The second-order valence-corrected chi connectivity index (χ2v) is 7.65. The lowest BCUT2D eigenvalue weighted by atomic mass is 10.0. The smallest absolute Gasteiger partial charge is 0.370 e. The lowest BCUT2D eigenvalue weighted by molar-refractivity contribution is -0.137. The van der Waals surface area contributed by atoms with Gasteiger partial charge in [-0.15, -0.1) is 0 Å². The molecule has 10 heteroatoms. The largest absolute Gasteiger partial charge is 0.417 e. The van der Waals surface area contributed by atoms with Crippen molar-refractivity contribution >= 4 is 29.0 Å². The van der Waals surface area contributed by atoms with E-state index in [2.05, 4.69) is 15.4 Å². The predicted octanol–water partition coefficient (Wildman–Crippen LogP) is 5.27. The van der Waals surface area contributed by atoms with E-state index in [0.717, 1.165) is 11.6 Å². The van der Waals surface area contributed by atoms with Gasteiger partial charge in [-0.1, -0.05) is 11.6 Å². The summed E-state index contributed by atoms with van der Waals surface area (Å²) < 4.78 is 40.8. The summed E-state index contributed by atoms with van der Waals surface area (Å²) in [5.74, 6) is 0.311. The third-order valence-corrected chi connectivity index (χ3v) is 5.42. The van der Waals surface area contributed by atoms with Crippen molar-refractivity contribution in [2.24, 2.45) is 0 Å². The summed E-state index contributed by atoms with van der Waals surface area (Å²) in [5.41, 5.74) is 1.12. The van der Waals surface area contributed by atoms with Crippen molar-refractivity contribution in [3.63, 3.8) is 0 Å². The molecule has 6 nitrogen and oxygen atoms in total. The molecule has 4 rings (SSSR count). The number of nitrogens with one attached hydrogen (secondary N) is 1. The molecule has 1 amide bonds. The van der Waals surface area contributed by atoms with Crippen LogP contribution in [0.1, 0.15) is 35.9 Å². The highest BCUT2D eigenvalue weighted by Crippen LogP contribution is 2.38. The normalized spacial score (nSPS) is 16.4. The number of pyridine rings is 1. The zero-order valence-corrected chi connectivity index (χ0v) is 17.5. The van der Waals surface area contributed by atoms with Crippen LogP contribution in [0.15, 0.2) is 42.7 Å². The van der Waals surface area contributed by atoms with Crippen LogP contribution >= 0.6 is 11.6 Å². The van der Waals surface area contributed by atoms with E-state index in [1.807, 2.05) is 19.9 Å². The number of aromatic nitrogens is 3. The van der Waals surface area contributed by atoms with Gasteiger partial charge in [0.1, 0.15) is 11.5 Å². The van der Waals surface area contributed by atoms with Crippen LogP contribution in [0.25, 0.3) is 11.1 Å². The Morgan fingerprint density at radius 2 is 2.03 bits per heavy atom. The van der Waals surface area contributed by atoms with Crippen molar-refractivity contribution in [1.29, 1.82) is 0 Å². The van der Waals surface area contributed by atoms with Gasteiger partial charge >= 0.3 is 6.18 Å². The topological polar surface area (TPSA) is 63.1 Å². The van der Waals surface area contributed by atoms with Gasteiger partial charge < -0.3 is 10.2 Å². The van der Waals surface area contributed by atoms with Crippen LogP contribution < -0.4 is 10.2 Å². The van der Waals surface area contributed by atoms with E-state index in [4.69, 9.17) is 11.6 Å². The molecule has 2 aromatic heterocycles. The lowest BCUT2D eigenvalue weighted by Crippen LogP contribution is -2.42. The van der Waals surface area contributed by atoms with Gasteiger partial charge in [-0.05, 0) is 49.7 Å². The fourth-order valence-electron chi connectivity index (χ4n) is 3.67. The molecule has 1 N–H and O–H groups in total. The van der Waals surface area contributed by atoms with Crippen LogP contribution in [0.3, 0.4) is 0 Å². The molecular weight excluding hydrogens is 431 g/mol. The van der Waals surface area contributed by atoms with Gasteiger partial charge in [0, 0.05) is 30.5 Å². The maximum Gasteiger partial charge on any atom is 0.417 e. The van der Waals surface area contributed by atoms with Crippen molar-refractivity contribution < 1.29 is 18.0 Å². The predicted molar refractivity (Wildman–Crippen MR) is 112 cm³/mol. The minimum absolute atomic E-state index is 0.183. The zero-order chi connectivity index (χ0) is 22.3. The highest BCUT2D eigenvalue weighted by atomic mass is 35.5. The van der Waals surface area contributed by atoms with Crippen molar-refractivity contribution in [1.82, 2.24) is 14.8 Å². The molecule has 0 fully saturated rings. The summed E-state index contributed by atoms with van der Waals surface area (Å²) in [6.07, 6.45) is -1.30. The van der Waals surface area contributed by atoms with E-state index in [1.165, 1.54) is 17.0 Å². The lowest BCUT2D eigenvalue weighted by Gasteiger charge is -2.32. The molecule has 1 aliphatic heterocycles. The van der Waals surface area contributed by atoms with Crippen LogP contribution in [-0.4, -0.2) is 33.8 Å². The molecular formula is C21H19ClF3N5O. The van der Waals surface area contributed by atoms with E-state index in [1.54, 1.807) is 23.1 Å². The summed E-state index contributed by atoms with van der Waals surface area (Å²) in [5, 5.41) is 7.06. The van der Waals surface area contributed by atoms with Crippen molar-refractivity contribution in [3.05, 3.63) is 59.0 Å². The first kappa shape index (κ1) is 21.2. The average molecular weight is 450 g/mol. The van der Waals surface area contributed by atoms with Gasteiger partial charge in [-0.3, -0.25) is 9.48 Å². The third-order valence-electron chi connectivity index (χ3n) is 5.11. The quantitative estimate of drug-likeness (QED) is 0.589. The summed E-state index contributed by atoms with van der Waals surface area (Å²) in [7, 11) is 0. The first-order valence-electron chi connectivity index (χ1n) is 9.67. The molecule has 162 valence electrons. The fourth-order valence-corrected chi connectivity index (χ4v) is 3.96. The number of benzene rings is 1. The summed E-state index contributed by atoms with van der Waals surface area (Å²) in [6.45, 7) is 4.80. The summed E-state index contributed by atoms with van der Waals surface area (Å²) in [4.78, 5) is 19.1. The van der Waals surface area contributed by atoms with E-state index in [9.17, 15) is 18.0 Å². The zero-order valence-electron chi connectivity index (χ0n) is 16.7. The second kappa shape index (κ2) is 7.88. The van der Waals surface area contributed by atoms with E-state index in [-0.39, 0.29) is 18.5 Å². The Bertz CT molecular complexity index is 1140. The Labute approximate surface area is 181 Å². The minimum atomic E-state index is -4.56. The number of amides is 1. The Balaban J connectivity index is 1.75. The van der Waals surface area contributed by atoms with Crippen LogP contribution in [0.2, 0.25) is 5.02 Å². The minimum Gasteiger partial charge on any atom is -0.370 e. The molecule has 31 heavy (non-hydrogen) atoms. The maximum absolute atomic E-state index is 13.4. The van der Waals surface area contributed by atoms with Crippen LogP contribution in [0.5, 0.6) is 0 Å². The molecule has 0 spiro atoms. The highest BCUT2D eigenvalue weighted by Gasteiger charge is 2.36. The number of fused-ring (bicyclic) bond motifs is 1. The molecule has 1 aromatic carbocycles. The Morgan fingerprint density at radius 1 is 1.26 bits per heavy atom. The maximum atomic E-state index is 13.4. The molecule has 1 atom stereocenters. The van der Waals surface area contributed by atoms with Crippen molar-refractivity contribution in [2.75, 3.05) is 23.3 Å². The summed E-state index contributed by atoms with van der Waals surface area (Å²) >= 11 is 5.88. The number of nitrogens with zero attached hydrogens (tertiary/aromatic N) is 4. The van der Waals surface area contributed by atoms with Crippen LogP contribution in [-0.2, 0) is 6.18 Å². The molecule has 0 radical (unpaired) electrons. The van der Waals surface area contributed by atoms with Gasteiger partial charge in [-0.25, -0.2) is 4.98 Å². The standard InChI is InChI=1S/C21H19ClF3N5O/c1-3-26-18-8-13(6-7-27-18)15-10-28-30-12(2)11-29(20(31)19(15)30)14-4-5-16(17(22)9-14)21(23,24)25/h4-10,12H,3,11H2,1-2H3,(H,26,27)/t12-/m0/s1. The molecule has 0 bridgehead atoms. The Hall–Kier alpha value is -3.07. The molecule has 1 aliphatic rings. The number of rotatable bonds is 4. The van der Waals surface area contributed by atoms with Crippen LogP contribution in [0.4, 0.5) is 24.7 Å². The second-order valence-electron chi connectivity index (χ2n) is 7.24. The molecule has 0 aliphatic carbocycles. The van der Waals surface area contributed by atoms with Gasteiger partial charge in [0.2, 0.25) is 0 Å². The van der Waals surface area contributed by atoms with Crippen LogP contribution in [0, 0.1) is 0 Å². The number of alkyl halides is 3. The van der Waals surface area contributed by atoms with Gasteiger partial charge in [-0.2, -0.15) is 18.3 Å². The third kappa shape index (κ3) is 3.85. The number of carbonyl (C=O) groups is 1. The Morgan fingerprint density at radius 3 is 2.71 bits per heavy atom. The highest BCUT2D eigenvalue weighted by molar-refractivity contribution is 6.31. The number of hydrogen-bond acceptors (Lipinski definition) is 4. The van der Waals surface area contributed by atoms with Gasteiger partial charge in [0.05, 0.1) is 22.8 Å². The molecule has 0 unspecified atom stereocenters. The number of halogens is 4. The van der Waals surface area contributed by atoms with Crippen molar-refractivity contribution in [2.45, 2.75) is 26.1 Å². The van der Waals surface area contributed by atoms with E-state index < -0.39 is 16.8 Å². The van der Waals surface area contributed by atoms with Crippen molar-refractivity contribution in [3.8, 4) is 11.1 Å². The Kier molecular flexibility index (Phi) is 5.38. The van der Waals surface area contributed by atoms with E-state index >= 15 is 0 Å². The van der Waals surface area contributed by atoms with Gasteiger partial charge in [0.15, 0.2) is 0 Å².